The third-order valence-corrected chi connectivity index (χ3v) is 4.00. The van der Waals surface area contributed by atoms with E-state index in [2.05, 4.69) is 29.4 Å². The Morgan fingerprint density at radius 2 is 2.11 bits per heavy atom. The van der Waals surface area contributed by atoms with E-state index < -0.39 is 0 Å². The van der Waals surface area contributed by atoms with Crippen molar-refractivity contribution >= 4 is 34.1 Å². The largest absolute Gasteiger partial charge is 0.302 e. The second-order valence-electron chi connectivity index (χ2n) is 4.19. The molecule has 1 amide bonds. The van der Waals surface area contributed by atoms with E-state index in [1.807, 2.05) is 23.8 Å². The van der Waals surface area contributed by atoms with Crippen LogP contribution >= 0.6 is 23.1 Å². The van der Waals surface area contributed by atoms with E-state index in [4.69, 9.17) is 0 Å². The van der Waals surface area contributed by atoms with E-state index in [0.29, 0.717) is 11.6 Å². The van der Waals surface area contributed by atoms with Gasteiger partial charge in [-0.15, -0.1) is 11.3 Å². The number of carbonyl (C=O) groups is 1. The highest BCUT2D eigenvalue weighted by molar-refractivity contribution is 7.98. The molecule has 0 aliphatic carbocycles. The number of hydrogen-bond acceptors (Lipinski definition) is 4. The monoisotopic (exact) mass is 292 g/mol. The van der Waals surface area contributed by atoms with Gasteiger partial charge in [-0.05, 0) is 13.2 Å². The maximum Gasteiger partial charge on any atom is 0.226 e. The number of thiazole rings is 1. The van der Waals surface area contributed by atoms with Crippen LogP contribution in [0.25, 0.3) is 11.3 Å². The van der Waals surface area contributed by atoms with Crippen molar-refractivity contribution in [1.29, 1.82) is 0 Å². The molecule has 2 aromatic rings. The molecule has 1 N–H and O–H groups in total. The third-order valence-electron chi connectivity index (χ3n) is 2.63. The highest BCUT2D eigenvalue weighted by Gasteiger charge is 2.07. The van der Waals surface area contributed by atoms with Crippen molar-refractivity contribution < 1.29 is 4.79 Å². The number of aromatic nitrogens is 1. The molecule has 0 saturated carbocycles. The number of amides is 1. The van der Waals surface area contributed by atoms with Gasteiger partial charge in [0.25, 0.3) is 0 Å². The van der Waals surface area contributed by atoms with Crippen LogP contribution in [0.4, 0.5) is 5.13 Å². The average Bonchev–Trinajstić information content (AvgIpc) is 2.85. The number of rotatable bonds is 5. The van der Waals surface area contributed by atoms with Gasteiger partial charge in [-0.1, -0.05) is 29.8 Å². The third kappa shape index (κ3) is 4.08. The summed E-state index contributed by atoms with van der Waals surface area (Å²) in [4.78, 5) is 16.0. The molecule has 0 saturated heterocycles. The Kier molecular flexibility index (Phi) is 4.99. The number of thioether (sulfide) groups is 1. The van der Waals surface area contributed by atoms with Crippen LogP contribution in [-0.4, -0.2) is 22.9 Å². The second kappa shape index (κ2) is 6.73. The quantitative estimate of drug-likeness (QED) is 0.911. The Morgan fingerprint density at radius 1 is 1.37 bits per heavy atom. The molecule has 1 heterocycles. The van der Waals surface area contributed by atoms with Gasteiger partial charge in [0, 0.05) is 23.1 Å². The molecule has 0 spiro atoms. The summed E-state index contributed by atoms with van der Waals surface area (Å²) >= 11 is 3.13. The molecule has 0 atom stereocenters. The minimum absolute atomic E-state index is 0.0270. The summed E-state index contributed by atoms with van der Waals surface area (Å²) in [5.74, 6) is 0.862. The number of nitrogens with one attached hydrogen (secondary N) is 1. The van der Waals surface area contributed by atoms with Crippen molar-refractivity contribution in [2.75, 3.05) is 17.3 Å². The van der Waals surface area contributed by atoms with Crippen molar-refractivity contribution in [3.8, 4) is 11.3 Å². The first-order chi connectivity index (χ1) is 9.19. The lowest BCUT2D eigenvalue weighted by molar-refractivity contribution is -0.115. The lowest BCUT2D eigenvalue weighted by atomic mass is 10.1. The zero-order chi connectivity index (χ0) is 13.7. The van der Waals surface area contributed by atoms with Gasteiger partial charge in [-0.2, -0.15) is 11.8 Å². The summed E-state index contributed by atoms with van der Waals surface area (Å²) in [6.07, 6.45) is 2.52. The van der Waals surface area contributed by atoms with Gasteiger partial charge < -0.3 is 5.32 Å². The first kappa shape index (κ1) is 14.1. The zero-order valence-electron chi connectivity index (χ0n) is 11.0. The minimum Gasteiger partial charge on any atom is -0.302 e. The molecule has 0 aliphatic heterocycles. The van der Waals surface area contributed by atoms with E-state index in [9.17, 15) is 4.79 Å². The Balaban J connectivity index is 2.02. The number of carbonyl (C=O) groups excluding carboxylic acids is 1. The number of nitrogens with zero attached hydrogens (tertiary/aromatic N) is 1. The van der Waals surface area contributed by atoms with Crippen molar-refractivity contribution in [1.82, 2.24) is 4.98 Å². The molecule has 0 aliphatic rings. The van der Waals surface area contributed by atoms with Gasteiger partial charge in [-0.25, -0.2) is 4.98 Å². The SMILES string of the molecule is CSCCC(=O)Nc1nc(-c2ccc(C)cc2)cs1. The van der Waals surface area contributed by atoms with Crippen LogP contribution in [0.5, 0.6) is 0 Å². The predicted octanol–water partition coefficient (Wildman–Crippen LogP) is 3.81. The van der Waals surface area contributed by atoms with Gasteiger partial charge in [0.15, 0.2) is 5.13 Å². The molecule has 19 heavy (non-hydrogen) atoms. The van der Waals surface area contributed by atoms with Crippen molar-refractivity contribution in [3.63, 3.8) is 0 Å². The molecular formula is C14H16N2OS2. The average molecular weight is 292 g/mol. The lowest BCUT2D eigenvalue weighted by Gasteiger charge is -2.00. The van der Waals surface area contributed by atoms with Gasteiger partial charge in [0.1, 0.15) is 0 Å². The summed E-state index contributed by atoms with van der Waals surface area (Å²) in [5, 5.41) is 5.47. The Hall–Kier alpha value is -1.33. The van der Waals surface area contributed by atoms with E-state index in [1.165, 1.54) is 16.9 Å². The van der Waals surface area contributed by atoms with Gasteiger partial charge in [0.2, 0.25) is 5.91 Å². The normalized spacial score (nSPS) is 10.4. The maximum atomic E-state index is 11.6. The second-order valence-corrected chi connectivity index (χ2v) is 6.04. The molecule has 2 rings (SSSR count). The predicted molar refractivity (Wildman–Crippen MR) is 83.9 cm³/mol. The minimum atomic E-state index is 0.0270. The highest BCUT2D eigenvalue weighted by Crippen LogP contribution is 2.25. The summed E-state index contributed by atoms with van der Waals surface area (Å²) in [6.45, 7) is 2.06. The lowest BCUT2D eigenvalue weighted by Crippen LogP contribution is -2.11. The van der Waals surface area contributed by atoms with Crippen molar-refractivity contribution in [3.05, 3.63) is 35.2 Å². The fourth-order valence-electron chi connectivity index (χ4n) is 1.56. The topological polar surface area (TPSA) is 42.0 Å². The molecule has 5 heteroatoms. The molecular weight excluding hydrogens is 276 g/mol. The molecule has 0 unspecified atom stereocenters. The van der Waals surface area contributed by atoms with E-state index in [1.54, 1.807) is 11.8 Å². The molecule has 0 bridgehead atoms. The Bertz CT molecular complexity index is 549. The van der Waals surface area contributed by atoms with E-state index in [-0.39, 0.29) is 5.91 Å². The van der Waals surface area contributed by atoms with Crippen molar-refractivity contribution in [2.24, 2.45) is 0 Å². The van der Waals surface area contributed by atoms with Crippen LogP contribution in [0.15, 0.2) is 29.6 Å². The number of aryl methyl sites for hydroxylation is 1. The van der Waals surface area contributed by atoms with Gasteiger partial charge in [-0.3, -0.25) is 4.79 Å². The molecule has 0 radical (unpaired) electrons. The Labute approximate surface area is 121 Å². The Morgan fingerprint density at radius 3 is 2.79 bits per heavy atom. The molecule has 3 nitrogen and oxygen atoms in total. The number of anilines is 1. The summed E-state index contributed by atoms with van der Waals surface area (Å²) in [7, 11) is 0. The fourth-order valence-corrected chi connectivity index (χ4v) is 2.69. The summed E-state index contributed by atoms with van der Waals surface area (Å²) in [5.41, 5.74) is 3.21. The first-order valence-electron chi connectivity index (χ1n) is 6.00. The van der Waals surface area contributed by atoms with Crippen LogP contribution in [0.1, 0.15) is 12.0 Å². The molecule has 100 valence electrons. The maximum absolute atomic E-state index is 11.6. The number of benzene rings is 1. The van der Waals surface area contributed by atoms with Crippen LogP contribution in [0, 0.1) is 6.92 Å². The molecule has 1 aromatic heterocycles. The zero-order valence-corrected chi connectivity index (χ0v) is 12.6. The van der Waals surface area contributed by atoms with Crippen LogP contribution in [0.2, 0.25) is 0 Å². The van der Waals surface area contributed by atoms with Crippen LogP contribution in [-0.2, 0) is 4.79 Å². The summed E-state index contributed by atoms with van der Waals surface area (Å²) < 4.78 is 0. The van der Waals surface area contributed by atoms with E-state index >= 15 is 0 Å². The highest BCUT2D eigenvalue weighted by atomic mass is 32.2. The van der Waals surface area contributed by atoms with Crippen molar-refractivity contribution in [2.45, 2.75) is 13.3 Å². The van der Waals surface area contributed by atoms with Crippen LogP contribution in [0.3, 0.4) is 0 Å². The van der Waals surface area contributed by atoms with Gasteiger partial charge >= 0.3 is 0 Å². The standard InChI is InChI=1S/C14H16N2OS2/c1-10-3-5-11(6-4-10)12-9-19-14(15-12)16-13(17)7-8-18-2/h3-6,9H,7-8H2,1-2H3,(H,15,16,17). The van der Waals surface area contributed by atoms with Crippen LogP contribution < -0.4 is 5.32 Å². The first-order valence-corrected chi connectivity index (χ1v) is 8.28. The van der Waals surface area contributed by atoms with E-state index in [0.717, 1.165) is 17.0 Å². The molecule has 1 aromatic carbocycles. The smallest absolute Gasteiger partial charge is 0.226 e. The molecule has 0 fully saturated rings. The fraction of sp³-hybridized carbons (Fsp3) is 0.286. The summed E-state index contributed by atoms with van der Waals surface area (Å²) in [6, 6.07) is 8.21. The number of hydrogen-bond donors (Lipinski definition) is 1. The van der Waals surface area contributed by atoms with Gasteiger partial charge in [0.05, 0.1) is 5.69 Å².